The Labute approximate surface area is 444 Å². The van der Waals surface area contributed by atoms with E-state index in [9.17, 15) is 43.1 Å². The number of Topliss-reactive ketones (excluding diaryl/α,β-unsaturated/α-hetero) is 1. The Morgan fingerprint density at radius 2 is 1.45 bits per heavy atom. The summed E-state index contributed by atoms with van der Waals surface area (Å²) in [5, 5.41) is 12.7. The molecule has 0 aliphatic carbocycles. The molecule has 0 bridgehead atoms. The van der Waals surface area contributed by atoms with E-state index in [1.54, 1.807) is 17.2 Å². The highest BCUT2D eigenvalue weighted by molar-refractivity contribution is 7.99. The van der Waals surface area contributed by atoms with E-state index in [-0.39, 0.29) is 120 Å². The zero-order valence-corrected chi connectivity index (χ0v) is 45.8. The van der Waals surface area contributed by atoms with Crippen molar-refractivity contribution < 1.29 is 71.1 Å². The van der Waals surface area contributed by atoms with Crippen molar-refractivity contribution in [3.05, 3.63) is 95.8 Å². The van der Waals surface area contributed by atoms with Crippen LogP contribution in [0.1, 0.15) is 70.2 Å². The first-order valence-corrected chi connectivity index (χ1v) is 29.7. The summed E-state index contributed by atoms with van der Waals surface area (Å²) in [5.74, 6) is -5.95. The van der Waals surface area contributed by atoms with Crippen LogP contribution in [0.4, 0.5) is 8.78 Å². The van der Waals surface area contributed by atoms with Crippen LogP contribution in [0, 0.1) is 23.0 Å². The summed E-state index contributed by atoms with van der Waals surface area (Å²) in [6.07, 6.45) is 4.82. The van der Waals surface area contributed by atoms with Crippen LogP contribution in [0.15, 0.2) is 72.9 Å². The van der Waals surface area contributed by atoms with Gasteiger partial charge in [0.1, 0.15) is 24.0 Å². The molecule has 1 aliphatic heterocycles. The van der Waals surface area contributed by atoms with Crippen LogP contribution < -0.4 is 5.32 Å². The molecule has 0 radical (unpaired) electrons. The molecule has 4 rings (SSSR count). The predicted molar refractivity (Wildman–Crippen MR) is 283 cm³/mol. The van der Waals surface area contributed by atoms with Crippen LogP contribution in [-0.2, 0) is 63.8 Å². The maximum absolute atomic E-state index is 15.3. The lowest BCUT2D eigenvalue weighted by Crippen LogP contribution is -2.43. The van der Waals surface area contributed by atoms with Gasteiger partial charge in [0.2, 0.25) is 11.8 Å². The third-order valence-electron chi connectivity index (χ3n) is 11.9. The van der Waals surface area contributed by atoms with Crippen molar-refractivity contribution in [1.82, 2.24) is 19.7 Å². The second-order valence-electron chi connectivity index (χ2n) is 19.5. The van der Waals surface area contributed by atoms with Gasteiger partial charge in [-0.05, 0) is 54.1 Å². The summed E-state index contributed by atoms with van der Waals surface area (Å²) < 4.78 is 59.2. The Morgan fingerprint density at radius 1 is 0.813 bits per heavy atom. The number of rotatable bonds is 37. The molecule has 0 saturated carbocycles. The largest absolute Gasteiger partial charge is 0.481 e. The number of carbonyl (C=O) groups excluding carboxylic acids is 6. The molecule has 412 valence electrons. The number of aromatic nitrogens is 1. The van der Waals surface area contributed by atoms with Gasteiger partial charge in [-0.2, -0.15) is 11.8 Å². The zero-order chi connectivity index (χ0) is 54.8. The number of esters is 1. The molecule has 21 heteroatoms. The van der Waals surface area contributed by atoms with E-state index >= 15 is 4.39 Å². The van der Waals surface area contributed by atoms with E-state index < -0.39 is 61.5 Å². The lowest BCUT2D eigenvalue weighted by molar-refractivity contribution is -0.143. The van der Waals surface area contributed by atoms with E-state index in [1.807, 2.05) is 55.7 Å². The van der Waals surface area contributed by atoms with E-state index in [0.717, 1.165) is 58.6 Å². The summed E-state index contributed by atoms with van der Waals surface area (Å²) >= 11 is 1.12. The van der Waals surface area contributed by atoms with Crippen molar-refractivity contribution in [2.45, 2.75) is 84.6 Å². The summed E-state index contributed by atoms with van der Waals surface area (Å²) in [6.45, 7) is 13.1. The maximum atomic E-state index is 15.3. The van der Waals surface area contributed by atoms with Gasteiger partial charge in [0.15, 0.2) is 0 Å². The van der Waals surface area contributed by atoms with Crippen molar-refractivity contribution >= 4 is 61.9 Å². The molecule has 2 atom stereocenters. The standard InChI is InChI=1S/C54H74F2N4O13SSi/c1-54(2,3)52(46-32-40(44-33-42(55)14-15-45(44)56)35-58(46)34-39-11-7-6-8-12-39)59(20-10-9-13-51(66)73-29-30-75(4)5)50(65)38-74-37-41(53(67)68)31-43(61)18-21-69-23-25-71-27-28-72-26-24-70-22-19-57-47(62)36-60-48(63)16-17-49(60)64/h6-8,11-12,14-17,32-33,35,41,52,75H,9-10,13,18-31,34,36-38H2,1-5H3,(H,57,62)(H,67,68)/t41-,52-/m0/s1. The number of imide groups is 1. The first-order chi connectivity index (χ1) is 35.8. The number of ether oxygens (including phenoxy) is 5. The predicted octanol–water partition coefficient (Wildman–Crippen LogP) is 6.49. The van der Waals surface area contributed by atoms with Gasteiger partial charge >= 0.3 is 11.9 Å². The quantitative estimate of drug-likeness (QED) is 0.0274. The number of unbranched alkanes of at least 4 members (excludes halogenated alkanes) is 1. The van der Waals surface area contributed by atoms with Crippen LogP contribution in [0.5, 0.6) is 0 Å². The van der Waals surface area contributed by atoms with E-state index in [0.29, 0.717) is 43.9 Å². The molecule has 0 saturated heterocycles. The fourth-order valence-electron chi connectivity index (χ4n) is 8.00. The number of hydrogen-bond acceptors (Lipinski definition) is 13. The molecule has 2 aromatic carbocycles. The van der Waals surface area contributed by atoms with E-state index in [1.165, 1.54) is 0 Å². The topological polar surface area (TPSA) is 209 Å². The summed E-state index contributed by atoms with van der Waals surface area (Å²) in [4.78, 5) is 90.1. The molecule has 0 spiro atoms. The van der Waals surface area contributed by atoms with Gasteiger partial charge in [0.25, 0.3) is 11.8 Å². The number of carboxylic acid groups (broad SMARTS) is 1. The number of nitrogens with one attached hydrogen (secondary N) is 1. The highest BCUT2D eigenvalue weighted by atomic mass is 32.2. The van der Waals surface area contributed by atoms with Crippen LogP contribution >= 0.6 is 11.8 Å². The fourth-order valence-corrected chi connectivity index (χ4v) is 9.60. The number of amides is 4. The first-order valence-electron chi connectivity index (χ1n) is 25.4. The Bertz CT molecular complexity index is 2350. The van der Waals surface area contributed by atoms with Gasteiger partial charge in [0, 0.05) is 88.6 Å². The lowest BCUT2D eigenvalue weighted by Gasteiger charge is -2.41. The minimum Gasteiger partial charge on any atom is -0.481 e. The van der Waals surface area contributed by atoms with Gasteiger partial charge in [0.05, 0.1) is 77.2 Å². The second kappa shape index (κ2) is 32.8. The Hall–Kier alpha value is -5.58. The van der Waals surface area contributed by atoms with Gasteiger partial charge in [-0.25, -0.2) is 8.78 Å². The average molecular weight is 1090 g/mol. The monoisotopic (exact) mass is 1080 g/mol. The molecule has 17 nitrogen and oxygen atoms in total. The number of benzene rings is 2. The van der Waals surface area contributed by atoms with Gasteiger partial charge in [-0.1, -0.05) is 64.2 Å². The van der Waals surface area contributed by atoms with Crippen molar-refractivity contribution in [3.8, 4) is 11.1 Å². The maximum Gasteiger partial charge on any atom is 0.307 e. The van der Waals surface area contributed by atoms with Crippen LogP contribution in [0.2, 0.25) is 19.1 Å². The number of halogens is 2. The third-order valence-corrected chi connectivity index (χ3v) is 14.3. The number of ketones is 1. The molecule has 75 heavy (non-hydrogen) atoms. The van der Waals surface area contributed by atoms with Crippen molar-refractivity contribution in [2.24, 2.45) is 11.3 Å². The number of nitrogens with zero attached hydrogens (tertiary/aromatic N) is 3. The van der Waals surface area contributed by atoms with Gasteiger partial charge in [-0.15, -0.1) is 0 Å². The number of carbonyl (C=O) groups is 7. The van der Waals surface area contributed by atoms with E-state index in [2.05, 4.69) is 18.4 Å². The lowest BCUT2D eigenvalue weighted by atomic mass is 9.83. The normalized spacial score (nSPS) is 13.4. The molecule has 4 amide bonds. The van der Waals surface area contributed by atoms with Crippen LogP contribution in [0.3, 0.4) is 0 Å². The van der Waals surface area contributed by atoms with Crippen LogP contribution in [-0.4, -0.2) is 160 Å². The van der Waals surface area contributed by atoms with Gasteiger partial charge < -0.3 is 43.6 Å². The molecule has 0 fully saturated rings. The Morgan fingerprint density at radius 3 is 2.08 bits per heavy atom. The Balaban J connectivity index is 1.26. The van der Waals surface area contributed by atoms with Gasteiger partial charge in [-0.3, -0.25) is 38.5 Å². The molecule has 3 aromatic rings. The molecule has 1 aromatic heterocycles. The number of carboxylic acids is 1. The minimum atomic E-state index is -1.16. The summed E-state index contributed by atoms with van der Waals surface area (Å²) in [5.41, 5.74) is 1.52. The van der Waals surface area contributed by atoms with Crippen molar-refractivity contribution in [1.29, 1.82) is 0 Å². The number of thioether (sulfide) groups is 1. The van der Waals surface area contributed by atoms with E-state index in [4.69, 9.17) is 23.7 Å². The summed E-state index contributed by atoms with van der Waals surface area (Å²) in [7, 11) is -0.891. The molecule has 0 unspecified atom stereocenters. The van der Waals surface area contributed by atoms with Crippen LogP contribution in [0.25, 0.3) is 11.1 Å². The average Bonchev–Trinajstić information content (AvgIpc) is 3.90. The second-order valence-corrected chi connectivity index (χ2v) is 23.9. The van der Waals surface area contributed by atoms with Crippen molar-refractivity contribution in [3.63, 3.8) is 0 Å². The SMILES string of the molecule is C[SiH](C)CCOC(=O)CCCCN(C(=O)CSC[C@H](CC(=O)CCOCCOCCOCCOCCNC(=O)CN1C(=O)C=CC1=O)C(=O)O)[C@@H](c1cc(-c2cc(F)ccc2F)cn1Cc1ccccc1)C(C)(C)C. The third kappa shape index (κ3) is 22.7. The smallest absolute Gasteiger partial charge is 0.307 e. The highest BCUT2D eigenvalue weighted by Gasteiger charge is 2.37. The first kappa shape index (κ1) is 62.0. The molecule has 2 N–H and O–H groups in total. The Kier molecular flexibility index (Phi) is 27.1. The van der Waals surface area contributed by atoms with Crippen molar-refractivity contribution in [2.75, 3.05) is 90.6 Å². The molecule has 2 heterocycles. The fraction of sp³-hybridized carbons (Fsp3) is 0.537. The molecule has 1 aliphatic rings. The number of hydrogen-bond donors (Lipinski definition) is 2. The number of aliphatic carboxylic acids is 1. The zero-order valence-electron chi connectivity index (χ0n) is 43.9. The summed E-state index contributed by atoms with van der Waals surface area (Å²) in [6, 6.07) is 15.0. The minimum absolute atomic E-state index is 0.00633. The molecular formula is C54H74F2N4O13SSi. The highest BCUT2D eigenvalue weighted by Crippen LogP contribution is 2.41. The molecular weight excluding hydrogens is 1010 g/mol.